The van der Waals surface area contributed by atoms with Crippen LogP contribution in [0.4, 0.5) is 5.69 Å². The Balaban J connectivity index is 1.12. The van der Waals surface area contributed by atoms with Gasteiger partial charge in [0.2, 0.25) is 5.91 Å². The van der Waals surface area contributed by atoms with Crippen molar-refractivity contribution < 1.29 is 9.21 Å². The van der Waals surface area contributed by atoms with Crippen LogP contribution in [0.15, 0.2) is 59.2 Å². The van der Waals surface area contributed by atoms with Crippen molar-refractivity contribution in [3.8, 4) is 0 Å². The van der Waals surface area contributed by atoms with Crippen LogP contribution in [0.25, 0.3) is 11.0 Å². The first kappa shape index (κ1) is 20.5. The van der Waals surface area contributed by atoms with E-state index in [1.54, 1.807) is 6.26 Å². The minimum atomic E-state index is 0.0646. The third-order valence-corrected chi connectivity index (χ3v) is 5.88. The normalized spacial score (nSPS) is 14.9. The van der Waals surface area contributed by atoms with E-state index in [4.69, 9.17) is 4.42 Å². The molecule has 0 unspecified atom stereocenters. The fourth-order valence-corrected chi connectivity index (χ4v) is 4.12. The molecule has 158 valence electrons. The van der Waals surface area contributed by atoms with Gasteiger partial charge < -0.3 is 14.6 Å². The molecule has 0 saturated carbocycles. The molecule has 0 bridgehead atoms. The second kappa shape index (κ2) is 9.81. The second-order valence-electron chi connectivity index (χ2n) is 8.16. The van der Waals surface area contributed by atoms with E-state index in [1.165, 1.54) is 5.69 Å². The number of rotatable bonds is 8. The van der Waals surface area contributed by atoms with E-state index in [1.807, 2.05) is 19.1 Å². The van der Waals surface area contributed by atoms with Crippen LogP contribution in [-0.2, 0) is 11.2 Å². The highest BCUT2D eigenvalue weighted by Gasteiger charge is 2.16. The lowest BCUT2D eigenvalue weighted by molar-refractivity contribution is -0.120. The summed E-state index contributed by atoms with van der Waals surface area (Å²) in [5, 5.41) is 4.09. The standard InChI is InChI=1S/C25H31N3O2/c1-20-9-10-23-21(19-30-24(23)17-20)18-25(29)26-11-5-6-12-27-13-15-28(16-14-27)22-7-3-2-4-8-22/h2-4,7-10,17,19H,5-6,11-16,18H2,1H3,(H,26,29). The van der Waals surface area contributed by atoms with Gasteiger partial charge in [-0.3, -0.25) is 9.69 Å². The number of hydrogen-bond acceptors (Lipinski definition) is 4. The van der Waals surface area contributed by atoms with Crippen molar-refractivity contribution in [1.29, 1.82) is 0 Å². The molecule has 1 aromatic heterocycles. The van der Waals surface area contributed by atoms with Crippen molar-refractivity contribution in [1.82, 2.24) is 10.2 Å². The molecule has 1 amide bonds. The molecule has 2 heterocycles. The first-order chi connectivity index (χ1) is 14.7. The predicted molar refractivity (Wildman–Crippen MR) is 122 cm³/mol. The third kappa shape index (κ3) is 5.22. The Morgan fingerprint density at radius 3 is 2.63 bits per heavy atom. The Hall–Kier alpha value is -2.79. The summed E-state index contributed by atoms with van der Waals surface area (Å²) in [7, 11) is 0. The van der Waals surface area contributed by atoms with Gasteiger partial charge in [-0.1, -0.05) is 30.3 Å². The summed E-state index contributed by atoms with van der Waals surface area (Å²) in [5.41, 5.74) is 4.29. The van der Waals surface area contributed by atoms with Crippen LogP contribution in [0.2, 0.25) is 0 Å². The molecule has 5 heteroatoms. The van der Waals surface area contributed by atoms with Gasteiger partial charge in [0.1, 0.15) is 5.58 Å². The highest BCUT2D eigenvalue weighted by atomic mass is 16.3. The van der Waals surface area contributed by atoms with Crippen LogP contribution in [0.5, 0.6) is 0 Å². The quantitative estimate of drug-likeness (QED) is 0.576. The molecule has 0 spiro atoms. The number of para-hydroxylation sites is 1. The van der Waals surface area contributed by atoms with Gasteiger partial charge in [0.15, 0.2) is 0 Å². The average Bonchev–Trinajstić information content (AvgIpc) is 3.16. The molecule has 5 nitrogen and oxygen atoms in total. The number of benzene rings is 2. The van der Waals surface area contributed by atoms with Crippen LogP contribution in [0, 0.1) is 6.92 Å². The van der Waals surface area contributed by atoms with Crippen molar-refractivity contribution >= 4 is 22.6 Å². The second-order valence-corrected chi connectivity index (χ2v) is 8.16. The topological polar surface area (TPSA) is 48.7 Å². The van der Waals surface area contributed by atoms with Crippen molar-refractivity contribution in [3.63, 3.8) is 0 Å². The van der Waals surface area contributed by atoms with E-state index in [2.05, 4.69) is 51.5 Å². The van der Waals surface area contributed by atoms with Gasteiger partial charge in [0, 0.05) is 49.4 Å². The van der Waals surface area contributed by atoms with Crippen molar-refractivity contribution in [2.75, 3.05) is 44.2 Å². The van der Waals surface area contributed by atoms with Gasteiger partial charge in [-0.15, -0.1) is 0 Å². The van der Waals surface area contributed by atoms with Gasteiger partial charge in [0.25, 0.3) is 0 Å². The fourth-order valence-electron chi connectivity index (χ4n) is 4.12. The molecule has 1 aliphatic heterocycles. The van der Waals surface area contributed by atoms with E-state index >= 15 is 0 Å². The zero-order chi connectivity index (χ0) is 20.8. The largest absolute Gasteiger partial charge is 0.464 e. The summed E-state index contributed by atoms with van der Waals surface area (Å²) >= 11 is 0. The highest BCUT2D eigenvalue weighted by molar-refractivity contribution is 5.87. The van der Waals surface area contributed by atoms with E-state index in [0.717, 1.165) is 74.2 Å². The van der Waals surface area contributed by atoms with E-state index in [9.17, 15) is 4.79 Å². The Kier molecular flexibility index (Phi) is 6.70. The Bertz CT molecular complexity index is 959. The zero-order valence-electron chi connectivity index (χ0n) is 17.8. The third-order valence-electron chi connectivity index (χ3n) is 5.88. The van der Waals surface area contributed by atoms with Crippen LogP contribution < -0.4 is 10.2 Å². The number of carbonyl (C=O) groups excluding carboxylic acids is 1. The molecule has 0 radical (unpaired) electrons. The molecular formula is C25H31N3O2. The van der Waals surface area contributed by atoms with E-state index in [0.29, 0.717) is 6.42 Å². The van der Waals surface area contributed by atoms with Crippen molar-refractivity contribution in [2.24, 2.45) is 0 Å². The van der Waals surface area contributed by atoms with Crippen molar-refractivity contribution in [3.05, 3.63) is 65.9 Å². The first-order valence-corrected chi connectivity index (χ1v) is 10.9. The summed E-state index contributed by atoms with van der Waals surface area (Å²) in [4.78, 5) is 17.3. The predicted octanol–water partition coefficient (Wildman–Crippen LogP) is 4.00. The first-order valence-electron chi connectivity index (χ1n) is 10.9. The molecule has 30 heavy (non-hydrogen) atoms. The van der Waals surface area contributed by atoms with E-state index < -0.39 is 0 Å². The van der Waals surface area contributed by atoms with Gasteiger partial charge in [-0.05, 0) is 50.1 Å². The van der Waals surface area contributed by atoms with Crippen molar-refractivity contribution in [2.45, 2.75) is 26.2 Å². The number of hydrogen-bond donors (Lipinski definition) is 1. The summed E-state index contributed by atoms with van der Waals surface area (Å²) < 4.78 is 5.59. The van der Waals surface area contributed by atoms with E-state index in [-0.39, 0.29) is 5.91 Å². The number of amides is 1. The molecule has 0 atom stereocenters. The number of anilines is 1. The van der Waals surface area contributed by atoms with Gasteiger partial charge in [-0.25, -0.2) is 0 Å². The maximum absolute atomic E-state index is 12.3. The molecule has 0 aliphatic carbocycles. The molecule has 3 aromatic rings. The molecule has 1 fully saturated rings. The van der Waals surface area contributed by atoms with Gasteiger partial charge in [0.05, 0.1) is 12.7 Å². The fraction of sp³-hybridized carbons (Fsp3) is 0.400. The monoisotopic (exact) mass is 405 g/mol. The lowest BCUT2D eigenvalue weighted by Crippen LogP contribution is -2.46. The smallest absolute Gasteiger partial charge is 0.224 e. The van der Waals surface area contributed by atoms with Crippen LogP contribution in [-0.4, -0.2) is 50.1 Å². The number of furan rings is 1. The Morgan fingerprint density at radius 1 is 1.03 bits per heavy atom. The molecule has 1 saturated heterocycles. The lowest BCUT2D eigenvalue weighted by Gasteiger charge is -2.36. The summed E-state index contributed by atoms with van der Waals surface area (Å²) in [6, 6.07) is 16.7. The number of carbonyl (C=O) groups is 1. The SMILES string of the molecule is Cc1ccc2c(CC(=O)NCCCCN3CCN(c4ccccc4)CC3)coc2c1. The van der Waals surface area contributed by atoms with Crippen LogP contribution >= 0.6 is 0 Å². The minimum absolute atomic E-state index is 0.0646. The molecule has 2 aromatic carbocycles. The Labute approximate surface area is 178 Å². The number of unbranched alkanes of at least 4 members (excludes halogenated alkanes) is 1. The Morgan fingerprint density at radius 2 is 1.83 bits per heavy atom. The van der Waals surface area contributed by atoms with Crippen LogP contribution in [0.3, 0.4) is 0 Å². The highest BCUT2D eigenvalue weighted by Crippen LogP contribution is 2.22. The molecule has 4 rings (SSSR count). The molecule has 1 aliphatic rings. The number of fused-ring (bicyclic) bond motifs is 1. The number of nitrogens with zero attached hydrogens (tertiary/aromatic N) is 2. The lowest BCUT2D eigenvalue weighted by atomic mass is 10.1. The summed E-state index contributed by atoms with van der Waals surface area (Å²) in [6.07, 6.45) is 4.20. The number of nitrogens with one attached hydrogen (secondary N) is 1. The summed E-state index contributed by atoms with van der Waals surface area (Å²) in [5.74, 6) is 0.0646. The van der Waals surface area contributed by atoms with Gasteiger partial charge in [-0.2, -0.15) is 0 Å². The zero-order valence-corrected chi connectivity index (χ0v) is 17.8. The molecule has 1 N–H and O–H groups in total. The maximum atomic E-state index is 12.3. The summed E-state index contributed by atoms with van der Waals surface area (Å²) in [6.45, 7) is 8.25. The maximum Gasteiger partial charge on any atom is 0.224 e. The number of piperazine rings is 1. The van der Waals surface area contributed by atoms with Gasteiger partial charge >= 0.3 is 0 Å². The molecular weight excluding hydrogens is 374 g/mol. The average molecular weight is 406 g/mol. The van der Waals surface area contributed by atoms with Crippen LogP contribution in [0.1, 0.15) is 24.0 Å². The minimum Gasteiger partial charge on any atom is -0.464 e. The number of aryl methyl sites for hydroxylation is 1.